The molecule has 2 N–H and O–H groups in total. The van der Waals surface area contributed by atoms with Crippen molar-refractivity contribution in [1.29, 1.82) is 0 Å². The van der Waals surface area contributed by atoms with E-state index in [-0.39, 0.29) is 12.2 Å². The maximum absolute atomic E-state index is 11.7. The predicted octanol–water partition coefficient (Wildman–Crippen LogP) is 2.97. The first-order valence-corrected chi connectivity index (χ1v) is 9.60. The molecule has 5 nitrogen and oxygen atoms in total. The van der Waals surface area contributed by atoms with Gasteiger partial charge in [-0.3, -0.25) is 9.35 Å². The Balaban J connectivity index is 3.64. The van der Waals surface area contributed by atoms with E-state index in [0.29, 0.717) is 0 Å². The second kappa shape index (κ2) is 12.1. The van der Waals surface area contributed by atoms with Crippen LogP contribution in [0, 0.1) is 5.92 Å². The first-order valence-electron chi connectivity index (χ1n) is 7.99. The van der Waals surface area contributed by atoms with Crippen LogP contribution in [0.5, 0.6) is 0 Å². The summed E-state index contributed by atoms with van der Waals surface area (Å²) in [5, 5.41) is 9.01. The van der Waals surface area contributed by atoms with Crippen molar-refractivity contribution in [1.82, 2.24) is 0 Å². The lowest BCUT2D eigenvalue weighted by atomic mass is 10.0. The molecular weight excluding hydrogens is 292 g/mol. The van der Waals surface area contributed by atoms with Crippen molar-refractivity contribution in [3.8, 4) is 0 Å². The zero-order valence-corrected chi connectivity index (χ0v) is 13.9. The number of carbonyl (C=O) groups is 1. The lowest BCUT2D eigenvalue weighted by molar-refractivity contribution is -0.123. The summed E-state index contributed by atoms with van der Waals surface area (Å²) in [6.07, 6.45) is 10.5. The van der Waals surface area contributed by atoms with Gasteiger partial charge in [0.05, 0.1) is 18.3 Å². The molecule has 1 atom stereocenters. The molecule has 0 heterocycles. The summed E-state index contributed by atoms with van der Waals surface area (Å²) < 4.78 is 30.1. The Hall–Kier alpha value is -0.460. The van der Waals surface area contributed by atoms with E-state index >= 15 is 0 Å². The third kappa shape index (κ3) is 13.0. The number of Topliss-reactive ketones (excluding diaryl/α,β-unsaturated/α-hetero) is 1. The predicted molar refractivity (Wildman–Crippen MR) is 83.8 cm³/mol. The molecule has 0 aliphatic carbocycles. The quantitative estimate of drug-likeness (QED) is 0.379. The lowest BCUT2D eigenvalue weighted by Crippen LogP contribution is -2.26. The third-order valence-corrected chi connectivity index (χ3v) is 4.44. The summed E-state index contributed by atoms with van der Waals surface area (Å²) in [7, 11) is -4.21. The van der Waals surface area contributed by atoms with Crippen LogP contribution >= 0.6 is 0 Å². The van der Waals surface area contributed by atoms with Gasteiger partial charge in [0.1, 0.15) is 5.78 Å². The molecule has 0 amide bonds. The Kier molecular flexibility index (Phi) is 11.9. The molecular formula is C15H30O5S. The van der Waals surface area contributed by atoms with E-state index in [2.05, 4.69) is 6.92 Å². The van der Waals surface area contributed by atoms with Crippen LogP contribution in [0.4, 0.5) is 0 Å². The van der Waals surface area contributed by atoms with Gasteiger partial charge in [0, 0.05) is 6.42 Å². The Morgan fingerprint density at radius 2 is 1.43 bits per heavy atom. The first-order chi connectivity index (χ1) is 9.90. The lowest BCUT2D eigenvalue weighted by Gasteiger charge is -2.10. The normalized spacial score (nSPS) is 13.3. The van der Waals surface area contributed by atoms with Crippen LogP contribution in [0.25, 0.3) is 0 Å². The number of rotatable bonds is 14. The number of hydrogen-bond acceptors (Lipinski definition) is 4. The average molecular weight is 322 g/mol. The van der Waals surface area contributed by atoms with Gasteiger partial charge >= 0.3 is 0 Å². The largest absolute Gasteiger partial charge is 0.396 e. The van der Waals surface area contributed by atoms with Crippen LogP contribution < -0.4 is 0 Å². The summed E-state index contributed by atoms with van der Waals surface area (Å²) in [5.74, 6) is -1.95. The van der Waals surface area contributed by atoms with Gasteiger partial charge < -0.3 is 5.11 Å². The van der Waals surface area contributed by atoms with Crippen molar-refractivity contribution in [2.45, 2.75) is 71.1 Å². The zero-order chi connectivity index (χ0) is 16.1. The molecule has 0 aromatic heterocycles. The van der Waals surface area contributed by atoms with Crippen molar-refractivity contribution >= 4 is 15.9 Å². The summed E-state index contributed by atoms with van der Waals surface area (Å²) in [5.41, 5.74) is 0. The highest BCUT2D eigenvalue weighted by Gasteiger charge is 2.22. The Morgan fingerprint density at radius 1 is 0.952 bits per heavy atom. The molecule has 0 bridgehead atoms. The minimum atomic E-state index is -4.21. The molecule has 1 unspecified atom stereocenters. The summed E-state index contributed by atoms with van der Waals surface area (Å²) in [4.78, 5) is 11.7. The van der Waals surface area contributed by atoms with Gasteiger partial charge in [-0.25, -0.2) is 0 Å². The molecule has 21 heavy (non-hydrogen) atoms. The molecule has 126 valence electrons. The van der Waals surface area contributed by atoms with E-state index in [9.17, 15) is 13.2 Å². The van der Waals surface area contributed by atoms with Crippen LogP contribution in [0.15, 0.2) is 0 Å². The van der Waals surface area contributed by atoms with Gasteiger partial charge in [-0.1, -0.05) is 58.3 Å². The van der Waals surface area contributed by atoms with Crippen LogP contribution in [0.1, 0.15) is 71.1 Å². The summed E-state index contributed by atoms with van der Waals surface area (Å²) in [6, 6.07) is 0. The minimum absolute atomic E-state index is 0.274. The van der Waals surface area contributed by atoms with E-state index < -0.39 is 28.4 Å². The van der Waals surface area contributed by atoms with Crippen LogP contribution in [-0.4, -0.2) is 36.2 Å². The SMILES string of the molecule is CCCCCCCCCCCC(=O)C(CO)CS(=O)(=O)O. The highest BCUT2D eigenvalue weighted by Crippen LogP contribution is 2.13. The number of aliphatic hydroxyl groups is 1. The van der Waals surface area contributed by atoms with Gasteiger partial charge in [0.25, 0.3) is 10.1 Å². The topological polar surface area (TPSA) is 91.7 Å². The average Bonchev–Trinajstić information content (AvgIpc) is 2.41. The van der Waals surface area contributed by atoms with Crippen LogP contribution in [0.2, 0.25) is 0 Å². The standard InChI is InChI=1S/C15H30O5S/c1-2-3-4-5-6-7-8-9-10-11-15(17)14(12-16)13-21(18,19)20/h14,16H,2-13H2,1H3,(H,18,19,20). The van der Waals surface area contributed by atoms with Crippen molar-refractivity contribution in [3.05, 3.63) is 0 Å². The van der Waals surface area contributed by atoms with E-state index in [4.69, 9.17) is 9.66 Å². The smallest absolute Gasteiger partial charge is 0.265 e. The highest BCUT2D eigenvalue weighted by molar-refractivity contribution is 7.85. The van der Waals surface area contributed by atoms with Crippen LogP contribution in [0.3, 0.4) is 0 Å². The van der Waals surface area contributed by atoms with E-state index in [0.717, 1.165) is 19.3 Å². The molecule has 0 spiro atoms. The molecule has 0 aliphatic rings. The van der Waals surface area contributed by atoms with Crippen molar-refractivity contribution in [2.24, 2.45) is 5.92 Å². The van der Waals surface area contributed by atoms with Gasteiger partial charge in [-0.05, 0) is 6.42 Å². The van der Waals surface area contributed by atoms with Crippen LogP contribution in [-0.2, 0) is 14.9 Å². The molecule has 6 heteroatoms. The van der Waals surface area contributed by atoms with Gasteiger partial charge in [0.15, 0.2) is 0 Å². The highest BCUT2D eigenvalue weighted by atomic mass is 32.2. The Bertz CT molecular complexity index is 364. The van der Waals surface area contributed by atoms with Crippen molar-refractivity contribution < 1.29 is 22.9 Å². The number of unbranched alkanes of at least 4 members (excludes halogenated alkanes) is 8. The minimum Gasteiger partial charge on any atom is -0.396 e. The maximum atomic E-state index is 11.7. The fourth-order valence-corrected chi connectivity index (χ4v) is 3.12. The van der Waals surface area contributed by atoms with E-state index in [1.165, 1.54) is 38.5 Å². The molecule has 0 aliphatic heterocycles. The number of aliphatic hydroxyl groups excluding tert-OH is 1. The molecule has 0 fully saturated rings. The second-order valence-corrected chi connectivity index (χ2v) is 7.17. The molecule has 0 saturated heterocycles. The molecule has 0 saturated carbocycles. The first kappa shape index (κ1) is 20.5. The Labute approximate surface area is 128 Å². The summed E-state index contributed by atoms with van der Waals surface area (Å²) in [6.45, 7) is 1.66. The van der Waals surface area contributed by atoms with Crippen molar-refractivity contribution in [2.75, 3.05) is 12.4 Å². The van der Waals surface area contributed by atoms with Gasteiger partial charge in [0.2, 0.25) is 0 Å². The van der Waals surface area contributed by atoms with E-state index in [1.807, 2.05) is 0 Å². The molecule has 0 aromatic carbocycles. The maximum Gasteiger partial charge on any atom is 0.265 e. The zero-order valence-electron chi connectivity index (χ0n) is 13.1. The summed E-state index contributed by atoms with van der Waals surface area (Å²) >= 11 is 0. The molecule has 0 aromatic rings. The van der Waals surface area contributed by atoms with Gasteiger partial charge in [-0.2, -0.15) is 8.42 Å². The monoisotopic (exact) mass is 322 g/mol. The van der Waals surface area contributed by atoms with E-state index in [1.54, 1.807) is 0 Å². The van der Waals surface area contributed by atoms with Crippen molar-refractivity contribution in [3.63, 3.8) is 0 Å². The number of carbonyl (C=O) groups excluding carboxylic acids is 1. The fourth-order valence-electron chi connectivity index (χ4n) is 2.32. The number of ketones is 1. The fraction of sp³-hybridized carbons (Fsp3) is 0.933. The second-order valence-electron chi connectivity index (χ2n) is 5.67. The Morgan fingerprint density at radius 3 is 1.86 bits per heavy atom. The molecule has 0 radical (unpaired) electrons. The third-order valence-electron chi connectivity index (χ3n) is 3.61. The van der Waals surface area contributed by atoms with Gasteiger partial charge in [-0.15, -0.1) is 0 Å². The number of hydrogen-bond donors (Lipinski definition) is 2. The molecule has 0 rings (SSSR count).